The van der Waals surface area contributed by atoms with Crippen LogP contribution in [0.1, 0.15) is 15.9 Å². The van der Waals surface area contributed by atoms with Crippen molar-refractivity contribution in [3.05, 3.63) is 53.3 Å². The highest BCUT2D eigenvalue weighted by Crippen LogP contribution is 2.34. The molecule has 0 aliphatic rings. The smallest absolute Gasteiger partial charge is 0.416 e. The summed E-state index contributed by atoms with van der Waals surface area (Å²) in [6.45, 7) is 0. The van der Waals surface area contributed by atoms with E-state index in [-0.39, 0.29) is 16.9 Å². The number of hydrogen-bond donors (Lipinski definition) is 1. The standard InChI is InChI=1S/C15H10F4O3/c1-22-11-2-3-12(13(16)7-11)8-4-9(14(20)21)6-10(5-8)15(17,18)19/h2-7H,1H3,(H,20,21). The molecule has 116 valence electrons. The number of aromatic carboxylic acids is 1. The Kier molecular flexibility index (Phi) is 4.07. The van der Waals surface area contributed by atoms with Gasteiger partial charge in [-0.15, -0.1) is 0 Å². The van der Waals surface area contributed by atoms with Crippen LogP contribution in [0, 0.1) is 5.82 Å². The highest BCUT2D eigenvalue weighted by atomic mass is 19.4. The second kappa shape index (κ2) is 5.67. The summed E-state index contributed by atoms with van der Waals surface area (Å²) in [5, 5.41) is 8.92. The number of benzene rings is 2. The summed E-state index contributed by atoms with van der Waals surface area (Å²) in [4.78, 5) is 11.0. The van der Waals surface area contributed by atoms with Gasteiger partial charge in [-0.25, -0.2) is 9.18 Å². The van der Waals surface area contributed by atoms with Crippen molar-refractivity contribution in [1.29, 1.82) is 0 Å². The Morgan fingerprint density at radius 3 is 2.32 bits per heavy atom. The molecule has 2 aromatic carbocycles. The molecule has 2 aromatic rings. The van der Waals surface area contributed by atoms with Gasteiger partial charge in [0.15, 0.2) is 0 Å². The third-order valence-corrected chi connectivity index (χ3v) is 2.99. The largest absolute Gasteiger partial charge is 0.497 e. The first kappa shape index (κ1) is 15.8. The van der Waals surface area contributed by atoms with Gasteiger partial charge in [-0.05, 0) is 35.9 Å². The minimum Gasteiger partial charge on any atom is -0.497 e. The Morgan fingerprint density at radius 1 is 1.14 bits per heavy atom. The Morgan fingerprint density at radius 2 is 1.82 bits per heavy atom. The van der Waals surface area contributed by atoms with E-state index >= 15 is 0 Å². The Balaban J connectivity index is 2.64. The molecular formula is C15H10F4O3. The maximum absolute atomic E-state index is 14.0. The van der Waals surface area contributed by atoms with Gasteiger partial charge in [-0.1, -0.05) is 0 Å². The van der Waals surface area contributed by atoms with E-state index in [1.807, 2.05) is 0 Å². The first-order chi connectivity index (χ1) is 10.2. The molecule has 0 bridgehead atoms. The van der Waals surface area contributed by atoms with Crippen LogP contribution in [0.3, 0.4) is 0 Å². The number of methoxy groups -OCH3 is 1. The van der Waals surface area contributed by atoms with E-state index < -0.39 is 29.1 Å². The molecule has 0 atom stereocenters. The molecule has 0 fully saturated rings. The zero-order chi connectivity index (χ0) is 16.5. The normalized spacial score (nSPS) is 11.3. The van der Waals surface area contributed by atoms with E-state index in [0.29, 0.717) is 12.1 Å². The third-order valence-electron chi connectivity index (χ3n) is 2.99. The van der Waals surface area contributed by atoms with E-state index in [0.717, 1.165) is 12.1 Å². The van der Waals surface area contributed by atoms with Crippen LogP contribution in [0.4, 0.5) is 17.6 Å². The number of carboxylic acid groups (broad SMARTS) is 1. The van der Waals surface area contributed by atoms with Crippen LogP contribution < -0.4 is 4.74 Å². The zero-order valence-electron chi connectivity index (χ0n) is 11.2. The van der Waals surface area contributed by atoms with Crippen molar-refractivity contribution in [2.24, 2.45) is 0 Å². The SMILES string of the molecule is COc1ccc(-c2cc(C(=O)O)cc(C(F)(F)F)c2)c(F)c1. The van der Waals surface area contributed by atoms with Crippen molar-refractivity contribution in [2.75, 3.05) is 7.11 Å². The molecule has 22 heavy (non-hydrogen) atoms. The van der Waals surface area contributed by atoms with Crippen molar-refractivity contribution < 1.29 is 32.2 Å². The molecule has 1 N–H and O–H groups in total. The van der Waals surface area contributed by atoms with Gasteiger partial charge in [0.25, 0.3) is 0 Å². The van der Waals surface area contributed by atoms with Crippen LogP contribution >= 0.6 is 0 Å². The van der Waals surface area contributed by atoms with Gasteiger partial charge >= 0.3 is 12.1 Å². The van der Waals surface area contributed by atoms with Gasteiger partial charge < -0.3 is 9.84 Å². The minimum absolute atomic E-state index is 0.144. The maximum atomic E-state index is 14.0. The number of hydrogen-bond acceptors (Lipinski definition) is 2. The summed E-state index contributed by atoms with van der Waals surface area (Å²) in [5.74, 6) is -2.14. The van der Waals surface area contributed by atoms with Crippen molar-refractivity contribution in [3.63, 3.8) is 0 Å². The summed E-state index contributed by atoms with van der Waals surface area (Å²) < 4.78 is 57.3. The summed E-state index contributed by atoms with van der Waals surface area (Å²) in [6, 6.07) is 5.82. The van der Waals surface area contributed by atoms with Crippen LogP contribution in [-0.4, -0.2) is 18.2 Å². The monoisotopic (exact) mass is 314 g/mol. The number of alkyl halides is 3. The Bertz CT molecular complexity index is 723. The highest BCUT2D eigenvalue weighted by Gasteiger charge is 2.32. The first-order valence-corrected chi connectivity index (χ1v) is 6.02. The number of halogens is 4. The molecule has 2 rings (SSSR count). The van der Waals surface area contributed by atoms with E-state index in [2.05, 4.69) is 0 Å². The summed E-state index contributed by atoms with van der Waals surface area (Å²) in [6.07, 6.45) is -4.73. The van der Waals surface area contributed by atoms with E-state index in [4.69, 9.17) is 9.84 Å². The molecule has 0 saturated carbocycles. The fourth-order valence-corrected chi connectivity index (χ4v) is 1.93. The molecule has 0 aromatic heterocycles. The lowest BCUT2D eigenvalue weighted by Gasteiger charge is -2.12. The fraction of sp³-hybridized carbons (Fsp3) is 0.133. The molecule has 7 heteroatoms. The molecule has 0 aliphatic carbocycles. The van der Waals surface area contributed by atoms with E-state index in [9.17, 15) is 22.4 Å². The van der Waals surface area contributed by atoms with Crippen LogP contribution in [0.5, 0.6) is 5.75 Å². The molecule has 0 spiro atoms. The van der Waals surface area contributed by atoms with Crippen molar-refractivity contribution in [2.45, 2.75) is 6.18 Å². The van der Waals surface area contributed by atoms with Gasteiger partial charge in [-0.3, -0.25) is 0 Å². The van der Waals surface area contributed by atoms with Crippen LogP contribution in [0.15, 0.2) is 36.4 Å². The van der Waals surface area contributed by atoms with Gasteiger partial charge in [0.1, 0.15) is 11.6 Å². The summed E-state index contributed by atoms with van der Waals surface area (Å²) in [7, 11) is 1.32. The number of carboxylic acids is 1. The van der Waals surface area contributed by atoms with Gasteiger partial charge in [0, 0.05) is 11.6 Å². The predicted molar refractivity (Wildman–Crippen MR) is 70.3 cm³/mol. The van der Waals surface area contributed by atoms with Crippen LogP contribution in [-0.2, 0) is 6.18 Å². The summed E-state index contributed by atoms with van der Waals surface area (Å²) >= 11 is 0. The second-order valence-corrected chi connectivity index (χ2v) is 4.45. The number of rotatable bonds is 3. The van der Waals surface area contributed by atoms with Crippen molar-refractivity contribution in [1.82, 2.24) is 0 Å². The number of carbonyl (C=O) groups is 1. The van der Waals surface area contributed by atoms with Gasteiger partial charge in [0.2, 0.25) is 0 Å². The van der Waals surface area contributed by atoms with Crippen LogP contribution in [0.2, 0.25) is 0 Å². The molecular weight excluding hydrogens is 304 g/mol. The zero-order valence-corrected chi connectivity index (χ0v) is 11.2. The van der Waals surface area contributed by atoms with E-state index in [1.54, 1.807) is 0 Å². The lowest BCUT2D eigenvalue weighted by atomic mass is 9.99. The lowest BCUT2D eigenvalue weighted by Crippen LogP contribution is -2.08. The van der Waals surface area contributed by atoms with Crippen molar-refractivity contribution in [3.8, 4) is 16.9 Å². The lowest BCUT2D eigenvalue weighted by molar-refractivity contribution is -0.137. The van der Waals surface area contributed by atoms with Crippen LogP contribution in [0.25, 0.3) is 11.1 Å². The van der Waals surface area contributed by atoms with Gasteiger partial charge in [-0.2, -0.15) is 13.2 Å². The highest BCUT2D eigenvalue weighted by molar-refractivity contribution is 5.90. The van der Waals surface area contributed by atoms with Gasteiger partial charge in [0.05, 0.1) is 18.2 Å². The van der Waals surface area contributed by atoms with E-state index in [1.165, 1.54) is 19.2 Å². The average molecular weight is 314 g/mol. The minimum atomic E-state index is -4.73. The first-order valence-electron chi connectivity index (χ1n) is 6.02. The Labute approximate surface area is 122 Å². The third kappa shape index (κ3) is 3.19. The molecule has 0 aliphatic heterocycles. The quantitative estimate of drug-likeness (QED) is 0.863. The average Bonchev–Trinajstić information content (AvgIpc) is 2.45. The molecule has 0 heterocycles. The predicted octanol–water partition coefficient (Wildman–Crippen LogP) is 4.22. The molecule has 3 nitrogen and oxygen atoms in total. The topological polar surface area (TPSA) is 46.5 Å². The molecule has 0 radical (unpaired) electrons. The molecule has 0 unspecified atom stereocenters. The maximum Gasteiger partial charge on any atom is 0.416 e. The number of ether oxygens (including phenoxy) is 1. The Hall–Kier alpha value is -2.57. The second-order valence-electron chi connectivity index (χ2n) is 4.45. The summed E-state index contributed by atoms with van der Waals surface area (Å²) in [5.41, 5.74) is -2.04. The fourth-order valence-electron chi connectivity index (χ4n) is 1.93. The molecule has 0 saturated heterocycles. The molecule has 0 amide bonds. The van der Waals surface area contributed by atoms with Crippen molar-refractivity contribution >= 4 is 5.97 Å².